The molecule has 19 heavy (non-hydrogen) atoms. The van der Waals surface area contributed by atoms with Gasteiger partial charge in [0.25, 0.3) is 0 Å². The van der Waals surface area contributed by atoms with Crippen molar-refractivity contribution in [2.75, 3.05) is 6.61 Å². The minimum Gasteiger partial charge on any atom is -0.465 e. The van der Waals surface area contributed by atoms with E-state index in [2.05, 4.69) is 6.92 Å². The lowest BCUT2D eigenvalue weighted by atomic mass is 9.97. The van der Waals surface area contributed by atoms with Crippen LogP contribution >= 0.6 is 0 Å². The van der Waals surface area contributed by atoms with Gasteiger partial charge in [0.2, 0.25) is 0 Å². The van der Waals surface area contributed by atoms with Crippen LogP contribution in [0.4, 0.5) is 0 Å². The number of hydrogen-bond donors (Lipinski definition) is 0. The summed E-state index contributed by atoms with van der Waals surface area (Å²) in [6, 6.07) is 0. The summed E-state index contributed by atoms with van der Waals surface area (Å²) in [5, 5.41) is 0. The zero-order valence-electron chi connectivity index (χ0n) is 13.6. The highest BCUT2D eigenvalue weighted by Gasteiger charge is 2.22. The summed E-state index contributed by atoms with van der Waals surface area (Å²) in [6.07, 6.45) is 13.1. The van der Waals surface area contributed by atoms with E-state index in [9.17, 15) is 4.79 Å². The molecule has 0 rings (SSSR count). The topological polar surface area (TPSA) is 26.3 Å². The predicted octanol–water partition coefficient (Wildman–Crippen LogP) is 5.50. The first-order valence-corrected chi connectivity index (χ1v) is 8.15. The highest BCUT2D eigenvalue weighted by molar-refractivity contribution is 5.75. The fourth-order valence-corrected chi connectivity index (χ4v) is 1.97. The summed E-state index contributed by atoms with van der Waals surface area (Å²) in [5.74, 6) is -0.0802. The largest absolute Gasteiger partial charge is 0.465 e. The van der Waals surface area contributed by atoms with Gasteiger partial charge in [-0.15, -0.1) is 0 Å². The molecule has 2 nitrogen and oxygen atoms in total. The van der Waals surface area contributed by atoms with E-state index in [1.54, 1.807) is 0 Å². The van der Waals surface area contributed by atoms with Crippen LogP contribution in [0, 0.1) is 5.41 Å². The van der Waals surface area contributed by atoms with E-state index in [1.807, 2.05) is 20.8 Å². The maximum atomic E-state index is 11.5. The summed E-state index contributed by atoms with van der Waals surface area (Å²) in [6.45, 7) is 8.54. The van der Waals surface area contributed by atoms with Crippen molar-refractivity contribution in [1.29, 1.82) is 0 Å². The molecule has 114 valence electrons. The van der Waals surface area contributed by atoms with Crippen LogP contribution in [0.1, 0.15) is 91.9 Å². The van der Waals surface area contributed by atoms with E-state index in [0.717, 1.165) is 6.42 Å². The first-order chi connectivity index (χ1) is 8.98. The number of carbonyl (C=O) groups is 1. The lowest BCUT2D eigenvalue weighted by molar-refractivity contribution is -0.153. The molecular formula is C17H34O2. The molecule has 0 aliphatic heterocycles. The highest BCUT2D eigenvalue weighted by Crippen LogP contribution is 2.15. The molecule has 0 atom stereocenters. The van der Waals surface area contributed by atoms with Gasteiger partial charge in [-0.2, -0.15) is 0 Å². The number of ether oxygens (including phenoxy) is 1. The van der Waals surface area contributed by atoms with E-state index in [-0.39, 0.29) is 11.4 Å². The molecular weight excluding hydrogens is 236 g/mol. The Morgan fingerprint density at radius 1 is 0.789 bits per heavy atom. The van der Waals surface area contributed by atoms with Crippen LogP contribution in [0.2, 0.25) is 0 Å². The van der Waals surface area contributed by atoms with Crippen molar-refractivity contribution >= 4 is 5.97 Å². The summed E-state index contributed by atoms with van der Waals surface area (Å²) < 4.78 is 5.24. The summed E-state index contributed by atoms with van der Waals surface area (Å²) >= 11 is 0. The molecule has 2 heteroatoms. The molecule has 0 unspecified atom stereocenters. The molecule has 0 heterocycles. The second-order valence-electron chi connectivity index (χ2n) is 6.57. The van der Waals surface area contributed by atoms with E-state index >= 15 is 0 Å². The highest BCUT2D eigenvalue weighted by atomic mass is 16.5. The van der Waals surface area contributed by atoms with Crippen LogP contribution in [0.3, 0.4) is 0 Å². The Morgan fingerprint density at radius 2 is 1.21 bits per heavy atom. The Bertz CT molecular complexity index is 216. The smallest absolute Gasteiger partial charge is 0.311 e. The van der Waals surface area contributed by atoms with Crippen molar-refractivity contribution < 1.29 is 9.53 Å². The molecule has 0 aliphatic carbocycles. The molecule has 0 fully saturated rings. The maximum absolute atomic E-state index is 11.5. The molecule has 0 spiro atoms. The molecule has 0 amide bonds. The lowest BCUT2D eigenvalue weighted by Gasteiger charge is -2.16. The number of rotatable bonds is 11. The third kappa shape index (κ3) is 12.3. The Labute approximate surface area is 120 Å². The summed E-state index contributed by atoms with van der Waals surface area (Å²) in [7, 11) is 0. The zero-order chi connectivity index (χ0) is 14.6. The molecule has 0 bridgehead atoms. The third-order valence-corrected chi connectivity index (χ3v) is 3.34. The molecule has 0 radical (unpaired) electrons. The fraction of sp³-hybridized carbons (Fsp3) is 0.941. The first-order valence-electron chi connectivity index (χ1n) is 8.15. The van der Waals surface area contributed by atoms with Crippen LogP contribution in [0.5, 0.6) is 0 Å². The second kappa shape index (κ2) is 11.3. The number of unbranched alkanes of at least 4 members (excludes halogenated alkanes) is 9. The van der Waals surface area contributed by atoms with Crippen LogP contribution in [-0.2, 0) is 9.53 Å². The van der Waals surface area contributed by atoms with Crippen molar-refractivity contribution in [3.8, 4) is 0 Å². The standard InChI is InChI=1S/C17H34O2/c1-5-6-7-8-9-10-11-12-13-14-15-19-16(18)17(2,3)4/h5-15H2,1-4H3. The average Bonchev–Trinajstić information content (AvgIpc) is 2.34. The third-order valence-electron chi connectivity index (χ3n) is 3.34. The van der Waals surface area contributed by atoms with Gasteiger partial charge >= 0.3 is 5.97 Å². The van der Waals surface area contributed by atoms with Gasteiger partial charge in [0.1, 0.15) is 0 Å². The lowest BCUT2D eigenvalue weighted by Crippen LogP contribution is -2.23. The quantitative estimate of drug-likeness (QED) is 0.366. The Kier molecular flexibility index (Phi) is 11.0. The van der Waals surface area contributed by atoms with Gasteiger partial charge in [0, 0.05) is 0 Å². The van der Waals surface area contributed by atoms with Gasteiger partial charge in [-0.25, -0.2) is 0 Å². The van der Waals surface area contributed by atoms with Crippen LogP contribution in [-0.4, -0.2) is 12.6 Å². The molecule has 0 aliphatic rings. The Morgan fingerprint density at radius 3 is 1.63 bits per heavy atom. The molecule has 0 saturated heterocycles. The zero-order valence-corrected chi connectivity index (χ0v) is 13.6. The molecule has 0 aromatic carbocycles. The van der Waals surface area contributed by atoms with Gasteiger partial charge in [0.15, 0.2) is 0 Å². The van der Waals surface area contributed by atoms with E-state index < -0.39 is 0 Å². The minimum absolute atomic E-state index is 0.0802. The van der Waals surface area contributed by atoms with E-state index in [0.29, 0.717) is 6.61 Å². The van der Waals surface area contributed by atoms with Gasteiger partial charge < -0.3 is 4.74 Å². The number of carbonyl (C=O) groups excluding carboxylic acids is 1. The molecule has 0 saturated carbocycles. The van der Waals surface area contributed by atoms with E-state index in [4.69, 9.17) is 4.74 Å². The predicted molar refractivity (Wildman–Crippen MR) is 82.3 cm³/mol. The normalized spacial score (nSPS) is 11.6. The van der Waals surface area contributed by atoms with Gasteiger partial charge in [-0.1, -0.05) is 64.7 Å². The van der Waals surface area contributed by atoms with Gasteiger partial charge in [-0.3, -0.25) is 4.79 Å². The number of hydrogen-bond acceptors (Lipinski definition) is 2. The summed E-state index contributed by atoms with van der Waals surface area (Å²) in [5.41, 5.74) is -0.363. The second-order valence-corrected chi connectivity index (χ2v) is 6.57. The Hall–Kier alpha value is -0.530. The average molecular weight is 270 g/mol. The monoisotopic (exact) mass is 270 g/mol. The molecule has 0 aromatic rings. The van der Waals surface area contributed by atoms with Gasteiger partial charge in [0.05, 0.1) is 12.0 Å². The number of esters is 1. The minimum atomic E-state index is -0.363. The van der Waals surface area contributed by atoms with Crippen LogP contribution in [0.25, 0.3) is 0 Å². The SMILES string of the molecule is CCCCCCCCCCCCOC(=O)C(C)(C)C. The Balaban J connectivity index is 3.17. The summed E-state index contributed by atoms with van der Waals surface area (Å²) in [4.78, 5) is 11.5. The van der Waals surface area contributed by atoms with Crippen molar-refractivity contribution in [3.63, 3.8) is 0 Å². The van der Waals surface area contributed by atoms with Crippen molar-refractivity contribution in [1.82, 2.24) is 0 Å². The first kappa shape index (κ1) is 18.5. The fourth-order valence-electron chi connectivity index (χ4n) is 1.97. The van der Waals surface area contributed by atoms with Crippen LogP contribution in [0.15, 0.2) is 0 Å². The molecule has 0 aromatic heterocycles. The van der Waals surface area contributed by atoms with Crippen molar-refractivity contribution in [2.24, 2.45) is 5.41 Å². The van der Waals surface area contributed by atoms with Gasteiger partial charge in [-0.05, 0) is 27.2 Å². The van der Waals surface area contributed by atoms with Crippen molar-refractivity contribution in [3.05, 3.63) is 0 Å². The van der Waals surface area contributed by atoms with E-state index in [1.165, 1.54) is 57.8 Å². The van der Waals surface area contributed by atoms with Crippen LogP contribution < -0.4 is 0 Å². The maximum Gasteiger partial charge on any atom is 0.311 e. The van der Waals surface area contributed by atoms with Crippen molar-refractivity contribution in [2.45, 2.75) is 91.9 Å². The molecule has 0 N–H and O–H groups in total.